The van der Waals surface area contributed by atoms with Crippen molar-refractivity contribution in [3.05, 3.63) is 0 Å². The second-order valence-electron chi connectivity index (χ2n) is 6.59. The van der Waals surface area contributed by atoms with Gasteiger partial charge >= 0.3 is 5.97 Å². The van der Waals surface area contributed by atoms with E-state index in [4.69, 9.17) is 4.74 Å². The van der Waals surface area contributed by atoms with Crippen LogP contribution in [0.3, 0.4) is 0 Å². The van der Waals surface area contributed by atoms with Crippen molar-refractivity contribution in [2.75, 3.05) is 32.8 Å². The number of hydrogen-bond donors (Lipinski definition) is 1. The van der Waals surface area contributed by atoms with Crippen LogP contribution in [0, 0.1) is 11.8 Å². The summed E-state index contributed by atoms with van der Waals surface area (Å²) in [6.45, 7) is 17.4. The molecule has 0 fully saturated rings. The second kappa shape index (κ2) is 12.0. The summed E-state index contributed by atoms with van der Waals surface area (Å²) in [6.07, 6.45) is 1.84. The Morgan fingerprint density at radius 3 is 2.10 bits per heavy atom. The highest BCUT2D eigenvalue weighted by Crippen LogP contribution is 2.07. The Morgan fingerprint density at radius 1 is 1.10 bits per heavy atom. The number of nitrogens with zero attached hydrogens (tertiary/aromatic N) is 1. The number of hydrogen-bond acceptors (Lipinski definition) is 4. The van der Waals surface area contributed by atoms with Crippen LogP contribution in [-0.2, 0) is 9.53 Å². The van der Waals surface area contributed by atoms with Gasteiger partial charge < -0.3 is 15.0 Å². The number of nitrogens with one attached hydrogen (secondary N) is 1. The maximum absolute atomic E-state index is 12.0. The van der Waals surface area contributed by atoms with E-state index in [0.717, 1.165) is 39.0 Å². The highest BCUT2D eigenvalue weighted by Gasteiger charge is 2.20. The minimum atomic E-state index is -0.174. The van der Waals surface area contributed by atoms with Gasteiger partial charge in [0.25, 0.3) is 0 Å². The normalized spacial score (nSPS) is 13.2. The van der Waals surface area contributed by atoms with Gasteiger partial charge in [-0.15, -0.1) is 0 Å². The molecular weight excluding hydrogens is 264 g/mol. The van der Waals surface area contributed by atoms with Crippen molar-refractivity contribution in [2.45, 2.75) is 60.4 Å². The summed E-state index contributed by atoms with van der Waals surface area (Å²) in [5.41, 5.74) is 0. The molecular formula is C17H36N2O2. The van der Waals surface area contributed by atoms with Gasteiger partial charge in [0.15, 0.2) is 0 Å². The van der Waals surface area contributed by atoms with E-state index >= 15 is 0 Å². The quantitative estimate of drug-likeness (QED) is 0.563. The third kappa shape index (κ3) is 10.7. The fourth-order valence-corrected chi connectivity index (χ4v) is 2.47. The van der Waals surface area contributed by atoms with Gasteiger partial charge in [-0.2, -0.15) is 0 Å². The fourth-order valence-electron chi connectivity index (χ4n) is 2.47. The Balaban J connectivity index is 4.46. The molecule has 126 valence electrons. The van der Waals surface area contributed by atoms with Crippen LogP contribution in [0.5, 0.6) is 0 Å². The molecule has 0 aliphatic heterocycles. The van der Waals surface area contributed by atoms with E-state index in [1.165, 1.54) is 0 Å². The molecule has 0 aromatic heterocycles. The zero-order valence-corrected chi connectivity index (χ0v) is 14.9. The van der Waals surface area contributed by atoms with E-state index in [0.29, 0.717) is 18.4 Å². The predicted octanol–water partition coefficient (Wildman–Crippen LogP) is 2.92. The van der Waals surface area contributed by atoms with Gasteiger partial charge in [-0.05, 0) is 38.1 Å². The van der Waals surface area contributed by atoms with Crippen LogP contribution in [0.15, 0.2) is 0 Å². The zero-order chi connectivity index (χ0) is 16.3. The molecule has 0 rings (SSSR count). The molecule has 0 aliphatic carbocycles. The summed E-state index contributed by atoms with van der Waals surface area (Å²) in [5.74, 6) is 1.18. The summed E-state index contributed by atoms with van der Waals surface area (Å²) in [4.78, 5) is 14.5. The van der Waals surface area contributed by atoms with Crippen molar-refractivity contribution in [2.24, 2.45) is 11.8 Å². The predicted molar refractivity (Wildman–Crippen MR) is 89.4 cm³/mol. The van der Waals surface area contributed by atoms with Crippen molar-refractivity contribution in [1.82, 2.24) is 10.2 Å². The molecule has 0 aromatic carbocycles. The molecule has 21 heavy (non-hydrogen) atoms. The van der Waals surface area contributed by atoms with E-state index < -0.39 is 0 Å². The SMILES string of the molecule is CCCNC(CCN(CC(C)C)CC(C)C)C(=O)OCC. The standard InChI is InChI=1S/C17H36N2O2/c1-7-10-18-16(17(20)21-8-2)9-11-19(12-14(3)4)13-15(5)6/h14-16,18H,7-13H2,1-6H3. The lowest BCUT2D eigenvalue weighted by atomic mass is 10.1. The first-order valence-electron chi connectivity index (χ1n) is 8.52. The molecule has 0 heterocycles. The highest BCUT2D eigenvalue weighted by molar-refractivity contribution is 5.75. The molecule has 0 aromatic rings. The minimum absolute atomic E-state index is 0.111. The Hall–Kier alpha value is -0.610. The van der Waals surface area contributed by atoms with E-state index in [-0.39, 0.29) is 12.0 Å². The number of rotatable bonds is 12. The molecule has 0 radical (unpaired) electrons. The molecule has 0 saturated carbocycles. The van der Waals surface area contributed by atoms with Crippen molar-refractivity contribution in [3.63, 3.8) is 0 Å². The third-order valence-corrected chi connectivity index (χ3v) is 3.19. The average molecular weight is 300 g/mol. The lowest BCUT2D eigenvalue weighted by molar-refractivity contribution is -0.145. The van der Waals surface area contributed by atoms with Crippen LogP contribution in [0.1, 0.15) is 54.4 Å². The number of ether oxygens (including phenoxy) is 1. The molecule has 0 aliphatic rings. The molecule has 1 atom stereocenters. The number of esters is 1. The van der Waals surface area contributed by atoms with Gasteiger partial charge in [0, 0.05) is 19.6 Å². The Morgan fingerprint density at radius 2 is 1.67 bits per heavy atom. The van der Waals surface area contributed by atoms with Gasteiger partial charge in [-0.25, -0.2) is 0 Å². The maximum atomic E-state index is 12.0. The molecule has 4 nitrogen and oxygen atoms in total. The zero-order valence-electron chi connectivity index (χ0n) is 14.9. The Kier molecular flexibility index (Phi) is 11.6. The van der Waals surface area contributed by atoms with Gasteiger partial charge in [0.2, 0.25) is 0 Å². The first kappa shape index (κ1) is 20.4. The molecule has 0 bridgehead atoms. The Bertz CT molecular complexity index is 258. The van der Waals surface area contributed by atoms with Gasteiger partial charge in [-0.3, -0.25) is 4.79 Å². The lowest BCUT2D eigenvalue weighted by Gasteiger charge is -2.27. The van der Waals surface area contributed by atoms with E-state index in [9.17, 15) is 4.79 Å². The summed E-state index contributed by atoms with van der Waals surface area (Å²) in [6, 6.07) is -0.174. The van der Waals surface area contributed by atoms with Gasteiger partial charge in [0.1, 0.15) is 6.04 Å². The molecule has 1 unspecified atom stereocenters. The first-order valence-corrected chi connectivity index (χ1v) is 8.52. The molecule has 1 N–H and O–H groups in total. The molecule has 0 spiro atoms. The minimum Gasteiger partial charge on any atom is -0.465 e. The van der Waals surface area contributed by atoms with E-state index in [2.05, 4.69) is 44.8 Å². The monoisotopic (exact) mass is 300 g/mol. The van der Waals surface area contributed by atoms with Crippen LogP contribution >= 0.6 is 0 Å². The Labute approximate surface area is 131 Å². The largest absolute Gasteiger partial charge is 0.465 e. The van der Waals surface area contributed by atoms with Crippen LogP contribution in [0.25, 0.3) is 0 Å². The lowest BCUT2D eigenvalue weighted by Crippen LogP contribution is -2.42. The molecule has 4 heteroatoms. The van der Waals surface area contributed by atoms with E-state index in [1.807, 2.05) is 6.92 Å². The first-order chi connectivity index (χ1) is 9.90. The molecule has 0 amide bonds. The summed E-state index contributed by atoms with van der Waals surface area (Å²) < 4.78 is 5.18. The number of carbonyl (C=O) groups excluding carboxylic acids is 1. The van der Waals surface area contributed by atoms with Crippen molar-refractivity contribution >= 4 is 5.97 Å². The van der Waals surface area contributed by atoms with Crippen LogP contribution in [0.2, 0.25) is 0 Å². The molecule has 0 saturated heterocycles. The summed E-state index contributed by atoms with van der Waals surface area (Å²) >= 11 is 0. The fraction of sp³-hybridized carbons (Fsp3) is 0.941. The summed E-state index contributed by atoms with van der Waals surface area (Å²) in [7, 11) is 0. The summed E-state index contributed by atoms with van der Waals surface area (Å²) in [5, 5.41) is 3.31. The van der Waals surface area contributed by atoms with E-state index in [1.54, 1.807) is 0 Å². The highest BCUT2D eigenvalue weighted by atomic mass is 16.5. The third-order valence-electron chi connectivity index (χ3n) is 3.19. The van der Waals surface area contributed by atoms with Crippen molar-refractivity contribution in [3.8, 4) is 0 Å². The van der Waals surface area contributed by atoms with Crippen LogP contribution in [0.4, 0.5) is 0 Å². The number of carbonyl (C=O) groups is 1. The average Bonchev–Trinajstić information content (AvgIpc) is 2.37. The van der Waals surface area contributed by atoms with Crippen molar-refractivity contribution in [1.29, 1.82) is 0 Å². The van der Waals surface area contributed by atoms with Crippen molar-refractivity contribution < 1.29 is 9.53 Å². The van der Waals surface area contributed by atoms with Crippen LogP contribution < -0.4 is 5.32 Å². The van der Waals surface area contributed by atoms with Crippen LogP contribution in [-0.4, -0.2) is 49.7 Å². The van der Waals surface area contributed by atoms with Gasteiger partial charge in [0.05, 0.1) is 6.61 Å². The second-order valence-corrected chi connectivity index (χ2v) is 6.59. The smallest absolute Gasteiger partial charge is 0.323 e. The van der Waals surface area contributed by atoms with Gasteiger partial charge in [-0.1, -0.05) is 34.6 Å². The topological polar surface area (TPSA) is 41.6 Å². The maximum Gasteiger partial charge on any atom is 0.323 e.